The summed E-state index contributed by atoms with van der Waals surface area (Å²) in [7, 11) is 0. The molecule has 8 nitrogen and oxygen atoms in total. The van der Waals surface area contributed by atoms with Gasteiger partial charge in [0, 0.05) is 50.5 Å². The van der Waals surface area contributed by atoms with E-state index in [1.807, 2.05) is 23.8 Å². The minimum absolute atomic E-state index is 0.131. The number of amides is 3. The number of carbonyl (C=O) groups excluding carboxylic acids is 3. The van der Waals surface area contributed by atoms with E-state index >= 15 is 0 Å². The summed E-state index contributed by atoms with van der Waals surface area (Å²) >= 11 is 1.50. The predicted octanol–water partition coefficient (Wildman–Crippen LogP) is 3.64. The Morgan fingerprint density at radius 2 is 1.89 bits per heavy atom. The third kappa shape index (κ3) is 5.60. The van der Waals surface area contributed by atoms with Gasteiger partial charge in [-0.1, -0.05) is 0 Å². The average Bonchev–Trinajstić information content (AvgIpc) is 3.31. The molecule has 10 heteroatoms. The van der Waals surface area contributed by atoms with Crippen LogP contribution in [0.4, 0.5) is 9.18 Å². The molecular formula is C26H31FN4O4S. The van der Waals surface area contributed by atoms with Crippen molar-refractivity contribution < 1.29 is 23.5 Å². The average molecular weight is 515 g/mol. The zero-order valence-electron chi connectivity index (χ0n) is 20.5. The largest absolute Gasteiger partial charge is 0.463 e. The third-order valence-corrected chi connectivity index (χ3v) is 7.17. The van der Waals surface area contributed by atoms with Crippen molar-refractivity contribution >= 4 is 29.2 Å². The topological polar surface area (TPSA) is 82.2 Å². The third-order valence-electron chi connectivity index (χ3n) is 6.47. The highest BCUT2D eigenvalue weighted by Gasteiger charge is 2.38. The number of thiophene rings is 1. The fourth-order valence-electron chi connectivity index (χ4n) is 4.67. The summed E-state index contributed by atoms with van der Waals surface area (Å²) in [6.45, 7) is 7.01. The van der Waals surface area contributed by atoms with Gasteiger partial charge in [-0.05, 0) is 66.9 Å². The van der Waals surface area contributed by atoms with Gasteiger partial charge in [-0.25, -0.2) is 14.0 Å². The van der Waals surface area contributed by atoms with Crippen molar-refractivity contribution in [1.82, 2.24) is 20.0 Å². The molecule has 0 radical (unpaired) electrons. The molecule has 1 atom stereocenters. The summed E-state index contributed by atoms with van der Waals surface area (Å²) in [6, 6.07) is 6.65. The summed E-state index contributed by atoms with van der Waals surface area (Å²) in [6.07, 6.45) is 0.737. The Kier molecular flexibility index (Phi) is 8.37. The first kappa shape index (κ1) is 25.8. The maximum atomic E-state index is 13.3. The van der Waals surface area contributed by atoms with Crippen molar-refractivity contribution in [2.75, 3.05) is 45.9 Å². The number of nitrogens with zero attached hydrogens (tertiary/aromatic N) is 3. The first-order valence-electron chi connectivity index (χ1n) is 12.2. The summed E-state index contributed by atoms with van der Waals surface area (Å²) in [5.74, 6) is -0.949. The van der Waals surface area contributed by atoms with Gasteiger partial charge in [0.25, 0.3) is 5.91 Å². The van der Waals surface area contributed by atoms with Crippen LogP contribution in [-0.4, -0.2) is 78.5 Å². The molecule has 3 heterocycles. The maximum absolute atomic E-state index is 13.3. The number of hydrogen-bond donors (Lipinski definition) is 1. The van der Waals surface area contributed by atoms with Crippen LogP contribution >= 0.6 is 11.3 Å². The maximum Gasteiger partial charge on any atom is 0.338 e. The second kappa shape index (κ2) is 11.7. The molecule has 1 saturated heterocycles. The summed E-state index contributed by atoms with van der Waals surface area (Å²) in [4.78, 5) is 44.7. The van der Waals surface area contributed by atoms with E-state index in [1.165, 1.54) is 35.6 Å². The fourth-order valence-corrected chi connectivity index (χ4v) is 5.35. The molecule has 0 aliphatic carbocycles. The van der Waals surface area contributed by atoms with Crippen molar-refractivity contribution in [1.29, 1.82) is 0 Å². The zero-order valence-corrected chi connectivity index (χ0v) is 21.4. The van der Waals surface area contributed by atoms with E-state index in [-0.39, 0.29) is 24.4 Å². The number of likely N-dealkylation sites (N-methyl/N-ethyl adjacent to an activating group) is 1. The van der Waals surface area contributed by atoms with Crippen molar-refractivity contribution in [3.63, 3.8) is 0 Å². The van der Waals surface area contributed by atoms with Crippen LogP contribution in [0.15, 0.2) is 52.4 Å². The molecule has 4 rings (SSSR count). The molecule has 1 aromatic carbocycles. The smallest absolute Gasteiger partial charge is 0.338 e. The van der Waals surface area contributed by atoms with Gasteiger partial charge in [-0.2, -0.15) is 11.3 Å². The molecular weight excluding hydrogens is 483 g/mol. The zero-order chi connectivity index (χ0) is 25.7. The molecule has 1 aromatic heterocycles. The van der Waals surface area contributed by atoms with E-state index in [0.29, 0.717) is 56.1 Å². The molecule has 1 N–H and O–H groups in total. The van der Waals surface area contributed by atoms with Crippen molar-refractivity contribution in [3.8, 4) is 0 Å². The highest BCUT2D eigenvalue weighted by Crippen LogP contribution is 2.33. The lowest BCUT2D eigenvalue weighted by Crippen LogP contribution is -2.51. The van der Waals surface area contributed by atoms with Crippen LogP contribution in [0.5, 0.6) is 0 Å². The lowest BCUT2D eigenvalue weighted by Gasteiger charge is -2.37. The number of halogens is 1. The van der Waals surface area contributed by atoms with Gasteiger partial charge in [0.2, 0.25) is 0 Å². The van der Waals surface area contributed by atoms with E-state index in [9.17, 15) is 18.8 Å². The van der Waals surface area contributed by atoms with Crippen LogP contribution in [0.2, 0.25) is 0 Å². The van der Waals surface area contributed by atoms with Crippen LogP contribution in [0.3, 0.4) is 0 Å². The lowest BCUT2D eigenvalue weighted by molar-refractivity contribution is -0.139. The molecule has 2 aliphatic heterocycles. The molecule has 36 heavy (non-hydrogen) atoms. The fraction of sp³-hybridized carbons (Fsp3) is 0.423. The first-order valence-corrected chi connectivity index (χ1v) is 13.1. The van der Waals surface area contributed by atoms with Crippen molar-refractivity contribution in [2.45, 2.75) is 26.3 Å². The molecule has 2 aliphatic rings. The van der Waals surface area contributed by atoms with E-state index in [0.717, 1.165) is 12.0 Å². The molecule has 0 spiro atoms. The standard InChI is InChI=1S/C26H31FN4O4S/c1-3-31-21(22(25(33)35-4-2)23(28-26(31)34)19-10-15-36-17-19)16-29-11-5-12-30(14-13-29)24(32)18-6-8-20(27)9-7-18/h6-10,15,17,23H,3-5,11-14,16H2,1-2H3,(H,28,34). The number of hydrogen-bond acceptors (Lipinski definition) is 6. The van der Waals surface area contributed by atoms with E-state index in [2.05, 4.69) is 10.2 Å². The molecule has 1 fully saturated rings. The second-order valence-corrected chi connectivity index (χ2v) is 9.47. The Morgan fingerprint density at radius 1 is 1.11 bits per heavy atom. The minimum Gasteiger partial charge on any atom is -0.463 e. The van der Waals surface area contributed by atoms with Gasteiger partial charge in [-0.3, -0.25) is 14.6 Å². The highest BCUT2D eigenvalue weighted by molar-refractivity contribution is 7.08. The monoisotopic (exact) mass is 514 g/mol. The lowest BCUT2D eigenvalue weighted by atomic mass is 9.96. The Bertz CT molecular complexity index is 1120. The first-order chi connectivity index (χ1) is 17.4. The number of benzene rings is 1. The van der Waals surface area contributed by atoms with Crippen LogP contribution in [0.25, 0.3) is 0 Å². The summed E-state index contributed by atoms with van der Waals surface area (Å²) in [5.41, 5.74) is 2.38. The molecule has 1 unspecified atom stereocenters. The molecule has 0 saturated carbocycles. The second-order valence-electron chi connectivity index (χ2n) is 8.69. The quantitative estimate of drug-likeness (QED) is 0.571. The van der Waals surface area contributed by atoms with E-state index in [4.69, 9.17) is 4.74 Å². The van der Waals surface area contributed by atoms with Crippen LogP contribution in [-0.2, 0) is 9.53 Å². The number of nitrogens with one attached hydrogen (secondary N) is 1. The van der Waals surface area contributed by atoms with Gasteiger partial charge in [0.05, 0.1) is 18.2 Å². The van der Waals surface area contributed by atoms with E-state index in [1.54, 1.807) is 16.7 Å². The summed E-state index contributed by atoms with van der Waals surface area (Å²) in [5, 5.41) is 6.81. The molecule has 0 bridgehead atoms. The SMILES string of the molecule is CCOC(=O)C1=C(CN2CCCN(C(=O)c3ccc(F)cc3)CC2)N(CC)C(=O)NC1c1ccsc1. The van der Waals surface area contributed by atoms with Gasteiger partial charge in [0.15, 0.2) is 0 Å². The number of esters is 1. The predicted molar refractivity (Wildman–Crippen MR) is 135 cm³/mol. The van der Waals surface area contributed by atoms with Crippen molar-refractivity contribution in [3.05, 3.63) is 69.3 Å². The van der Waals surface area contributed by atoms with Crippen LogP contribution in [0, 0.1) is 5.82 Å². The Hall–Kier alpha value is -3.24. The highest BCUT2D eigenvalue weighted by atomic mass is 32.1. The number of ether oxygens (including phenoxy) is 1. The van der Waals surface area contributed by atoms with Gasteiger partial charge < -0.3 is 15.0 Å². The van der Waals surface area contributed by atoms with Gasteiger partial charge in [-0.15, -0.1) is 0 Å². The summed E-state index contributed by atoms with van der Waals surface area (Å²) < 4.78 is 18.7. The number of rotatable bonds is 7. The minimum atomic E-state index is -0.580. The molecule has 3 amide bonds. The van der Waals surface area contributed by atoms with Gasteiger partial charge >= 0.3 is 12.0 Å². The Labute approximate surface area is 214 Å². The number of urea groups is 1. The Balaban J connectivity index is 1.58. The van der Waals surface area contributed by atoms with Crippen LogP contribution < -0.4 is 5.32 Å². The Morgan fingerprint density at radius 3 is 2.56 bits per heavy atom. The molecule has 2 aromatic rings. The van der Waals surface area contributed by atoms with Crippen LogP contribution in [0.1, 0.15) is 42.2 Å². The molecule has 192 valence electrons. The number of carbonyl (C=O) groups is 3. The van der Waals surface area contributed by atoms with Crippen molar-refractivity contribution in [2.24, 2.45) is 0 Å². The normalized spacial score (nSPS) is 19.2. The van der Waals surface area contributed by atoms with E-state index < -0.39 is 12.0 Å². The van der Waals surface area contributed by atoms with Gasteiger partial charge in [0.1, 0.15) is 5.82 Å².